The Balaban J connectivity index is 2.01. The molecule has 3 aliphatic rings. The number of carbonyl (C=O) groups excluding carboxylic acids is 2. The molecule has 0 amide bonds. The zero-order valence-corrected chi connectivity index (χ0v) is 37.4. The summed E-state index contributed by atoms with van der Waals surface area (Å²) in [6.07, 6.45) is 7.85. The summed E-state index contributed by atoms with van der Waals surface area (Å²) in [5.41, 5.74) is 0.925. The van der Waals surface area contributed by atoms with E-state index in [1.54, 1.807) is 6.08 Å². The Bertz CT molecular complexity index is 1240. The monoisotopic (exact) mass is 776 g/mol. The molecule has 0 saturated carbocycles. The molecule has 0 aromatic heterocycles. The van der Waals surface area contributed by atoms with Crippen molar-refractivity contribution < 1.29 is 38.0 Å². The van der Waals surface area contributed by atoms with E-state index in [1.165, 1.54) is 0 Å². The number of esters is 1. The van der Waals surface area contributed by atoms with Gasteiger partial charge in [0.1, 0.15) is 6.10 Å². The first-order valence-electron chi connectivity index (χ1n) is 21.9. The molecule has 9 nitrogen and oxygen atoms in total. The van der Waals surface area contributed by atoms with Crippen LogP contribution in [0.1, 0.15) is 129 Å². The van der Waals surface area contributed by atoms with Crippen LogP contribution >= 0.6 is 0 Å². The molecule has 2 fully saturated rings. The van der Waals surface area contributed by atoms with Crippen LogP contribution in [0.15, 0.2) is 23.8 Å². The second-order valence-electron chi connectivity index (χ2n) is 18.0. The van der Waals surface area contributed by atoms with Crippen LogP contribution in [-0.4, -0.2) is 93.1 Å². The third-order valence-electron chi connectivity index (χ3n) is 13.7. The van der Waals surface area contributed by atoms with Crippen LogP contribution in [-0.2, 0) is 38.0 Å². The lowest BCUT2D eigenvalue weighted by molar-refractivity contribution is -0.278. The first-order chi connectivity index (χ1) is 25.9. The quantitative estimate of drug-likeness (QED) is 0.142. The molecule has 9 heteroatoms. The Morgan fingerprint density at radius 2 is 1.42 bits per heavy atom. The van der Waals surface area contributed by atoms with Gasteiger partial charge in [-0.15, -0.1) is 0 Å². The van der Waals surface area contributed by atoms with E-state index in [4.69, 9.17) is 28.4 Å². The summed E-state index contributed by atoms with van der Waals surface area (Å²) in [6.45, 7) is 28.8. The van der Waals surface area contributed by atoms with Crippen LogP contribution in [0.3, 0.4) is 0 Å². The zero-order chi connectivity index (χ0) is 41.1. The van der Waals surface area contributed by atoms with Crippen LogP contribution in [0.5, 0.6) is 0 Å². The molecule has 0 bridgehead atoms. The van der Waals surface area contributed by atoms with E-state index in [1.807, 2.05) is 26.8 Å². The number of unbranched alkanes of at least 4 members (excludes halogenated alkanes) is 1. The zero-order valence-electron chi connectivity index (χ0n) is 37.4. The topological polar surface area (TPSA) is 92.8 Å². The molecule has 318 valence electrons. The van der Waals surface area contributed by atoms with Crippen molar-refractivity contribution >= 4 is 11.8 Å². The summed E-state index contributed by atoms with van der Waals surface area (Å²) < 4.78 is 39.7. The minimum atomic E-state index is -0.442. The largest absolute Gasteiger partial charge is 0.462 e. The van der Waals surface area contributed by atoms with E-state index >= 15 is 0 Å². The molecular formula is C46H81NO8. The third-order valence-corrected chi connectivity index (χ3v) is 13.7. The highest BCUT2D eigenvalue weighted by Crippen LogP contribution is 2.39. The maximum atomic E-state index is 14.1. The SMILES string of the molecule is CCCCO[C@@H]1CC(=O)O[C@H](CC)[C@@H](CO[C@@H]2O[C@H](C)[C@@H](C)[C@@H](C)[C@H]2C)/C=C(C)/C=C/C(=O)[C@H](C)C[C@H](CC)[C@H](O[C@@H]2O[C@H](C)[C@@H](C)[C@H](N(C)C)[C@H]2C)[C@H]1C. The van der Waals surface area contributed by atoms with Crippen LogP contribution in [0.2, 0.25) is 0 Å². The molecule has 0 aliphatic carbocycles. The van der Waals surface area contributed by atoms with Crippen molar-refractivity contribution in [3.8, 4) is 0 Å². The number of ketones is 1. The van der Waals surface area contributed by atoms with Crippen molar-refractivity contribution in [1.82, 2.24) is 4.90 Å². The van der Waals surface area contributed by atoms with Crippen molar-refractivity contribution in [1.29, 1.82) is 0 Å². The lowest BCUT2D eigenvalue weighted by Gasteiger charge is -2.48. The Kier molecular flexibility index (Phi) is 19.5. The van der Waals surface area contributed by atoms with Gasteiger partial charge in [0.2, 0.25) is 0 Å². The van der Waals surface area contributed by atoms with E-state index in [0.29, 0.717) is 43.8 Å². The molecule has 17 atom stereocenters. The standard InChI is InChI=1S/C46H81NO8/c1-16-19-22-50-41-25-42(49)54-40(18-3)38(26-51-45-31(8)29(6)30(7)35(12)52-45)23-27(4)20-21-39(48)28(5)24-37(17-2)44(33(41)10)55-46-34(11)43(47(14)15)32(9)36(13)53-46/h20-21,23,28-38,40-41,43-46H,16-19,22,24-26H2,1-15H3/b21-20+,27-23+/t28-,29-,30+,31-,32-,33+,34-,35-,36-,37+,38-,40-,41-,43+,44-,45-,46+/m1/s1. The molecule has 55 heavy (non-hydrogen) atoms. The third kappa shape index (κ3) is 12.9. The molecule has 0 radical (unpaired) electrons. The molecule has 0 aromatic carbocycles. The molecular weight excluding hydrogens is 695 g/mol. The summed E-state index contributed by atoms with van der Waals surface area (Å²) in [5, 5.41) is 0. The molecule has 2 saturated heterocycles. The Morgan fingerprint density at radius 3 is 2.04 bits per heavy atom. The summed E-state index contributed by atoms with van der Waals surface area (Å²) in [7, 11) is 4.26. The summed E-state index contributed by atoms with van der Waals surface area (Å²) in [4.78, 5) is 30.2. The van der Waals surface area contributed by atoms with Crippen molar-refractivity contribution in [3.63, 3.8) is 0 Å². The molecule has 0 aromatic rings. The molecule has 0 N–H and O–H groups in total. The first kappa shape index (κ1) is 47.8. The Morgan fingerprint density at radius 1 is 0.764 bits per heavy atom. The van der Waals surface area contributed by atoms with Gasteiger partial charge < -0.3 is 33.3 Å². The van der Waals surface area contributed by atoms with Gasteiger partial charge >= 0.3 is 5.97 Å². The van der Waals surface area contributed by atoms with Gasteiger partial charge in [0.15, 0.2) is 18.4 Å². The molecule has 0 spiro atoms. The minimum absolute atomic E-state index is 0.00911. The van der Waals surface area contributed by atoms with E-state index in [-0.39, 0.29) is 84.3 Å². The number of cyclic esters (lactones) is 1. The van der Waals surface area contributed by atoms with Crippen LogP contribution in [0, 0.1) is 53.3 Å². The van der Waals surface area contributed by atoms with Gasteiger partial charge in [0.25, 0.3) is 0 Å². The van der Waals surface area contributed by atoms with E-state index in [2.05, 4.69) is 94.3 Å². The van der Waals surface area contributed by atoms with Crippen LogP contribution in [0.4, 0.5) is 0 Å². The van der Waals surface area contributed by atoms with Crippen molar-refractivity contribution in [3.05, 3.63) is 23.8 Å². The number of carbonyl (C=O) groups is 2. The minimum Gasteiger partial charge on any atom is -0.462 e. The maximum absolute atomic E-state index is 14.1. The Hall–Kier alpha value is -1.62. The fourth-order valence-corrected chi connectivity index (χ4v) is 9.28. The van der Waals surface area contributed by atoms with Crippen molar-refractivity contribution in [2.24, 2.45) is 53.3 Å². The van der Waals surface area contributed by atoms with Gasteiger partial charge in [0.05, 0.1) is 37.4 Å². The number of nitrogens with zero attached hydrogens (tertiary/aromatic N) is 1. The predicted octanol–water partition coefficient (Wildman–Crippen LogP) is 9.28. The summed E-state index contributed by atoms with van der Waals surface area (Å²) in [6, 6.07) is 0.273. The normalized spacial score (nSPS) is 43.1. The van der Waals surface area contributed by atoms with Gasteiger partial charge in [-0.1, -0.05) is 99.8 Å². The Labute approximate surface area is 336 Å². The lowest BCUT2D eigenvalue weighted by Crippen LogP contribution is -2.56. The maximum Gasteiger partial charge on any atom is 0.308 e. The number of hydrogen-bond acceptors (Lipinski definition) is 9. The first-order valence-corrected chi connectivity index (χ1v) is 21.9. The van der Waals surface area contributed by atoms with Gasteiger partial charge in [-0.25, -0.2) is 0 Å². The average Bonchev–Trinajstić information content (AvgIpc) is 3.14. The van der Waals surface area contributed by atoms with E-state index in [0.717, 1.165) is 24.8 Å². The second kappa shape index (κ2) is 22.5. The summed E-state index contributed by atoms with van der Waals surface area (Å²) >= 11 is 0. The lowest BCUT2D eigenvalue weighted by atomic mass is 9.79. The van der Waals surface area contributed by atoms with Crippen LogP contribution in [0.25, 0.3) is 0 Å². The van der Waals surface area contributed by atoms with Gasteiger partial charge in [-0.05, 0) is 83.9 Å². The molecule has 3 aliphatic heterocycles. The fourth-order valence-electron chi connectivity index (χ4n) is 9.28. The fraction of sp³-hybridized carbons (Fsp3) is 0.870. The smallest absolute Gasteiger partial charge is 0.308 e. The number of rotatable bonds is 12. The van der Waals surface area contributed by atoms with Crippen molar-refractivity contribution in [2.45, 2.75) is 178 Å². The number of ether oxygens (including phenoxy) is 6. The average molecular weight is 776 g/mol. The summed E-state index contributed by atoms with van der Waals surface area (Å²) in [5.74, 6) is 0.728. The van der Waals surface area contributed by atoms with Gasteiger partial charge in [-0.2, -0.15) is 0 Å². The predicted molar refractivity (Wildman–Crippen MR) is 220 cm³/mol. The highest BCUT2D eigenvalue weighted by molar-refractivity contribution is 5.91. The van der Waals surface area contributed by atoms with Gasteiger partial charge in [0, 0.05) is 42.2 Å². The molecule has 3 heterocycles. The van der Waals surface area contributed by atoms with Gasteiger partial charge in [-0.3, -0.25) is 9.59 Å². The van der Waals surface area contributed by atoms with Crippen molar-refractivity contribution in [2.75, 3.05) is 27.3 Å². The van der Waals surface area contributed by atoms with E-state index in [9.17, 15) is 9.59 Å². The second-order valence-corrected chi connectivity index (χ2v) is 18.0. The van der Waals surface area contributed by atoms with E-state index < -0.39 is 18.5 Å². The highest BCUT2D eigenvalue weighted by Gasteiger charge is 2.45. The van der Waals surface area contributed by atoms with Crippen LogP contribution < -0.4 is 0 Å². The number of hydrogen-bond donors (Lipinski definition) is 0. The number of allylic oxidation sites excluding steroid dienone is 3. The molecule has 3 rings (SSSR count). The highest BCUT2D eigenvalue weighted by atomic mass is 16.7. The molecule has 0 unspecified atom stereocenters.